The van der Waals surface area contributed by atoms with E-state index < -0.39 is 0 Å². The first kappa shape index (κ1) is 17.1. The van der Waals surface area contributed by atoms with Gasteiger partial charge in [0.1, 0.15) is 17.5 Å². The van der Waals surface area contributed by atoms with Crippen LogP contribution >= 0.6 is 0 Å². The van der Waals surface area contributed by atoms with Crippen LogP contribution in [0.4, 0.5) is 17.3 Å². The molecule has 1 aromatic heterocycles. The van der Waals surface area contributed by atoms with Crippen molar-refractivity contribution < 1.29 is 4.74 Å². The fourth-order valence-electron chi connectivity index (χ4n) is 2.67. The Bertz CT molecular complexity index is 734. The fraction of sp³-hybridized carbons (Fsp3) is 0.389. The number of morpholine rings is 1. The first-order valence-corrected chi connectivity index (χ1v) is 8.40. The average molecular weight is 338 g/mol. The molecule has 2 heterocycles. The van der Waals surface area contributed by atoms with Crippen molar-refractivity contribution in [2.24, 2.45) is 0 Å². The van der Waals surface area contributed by atoms with Gasteiger partial charge >= 0.3 is 0 Å². The third-order valence-electron chi connectivity index (χ3n) is 3.96. The zero-order chi connectivity index (χ0) is 17.5. The lowest BCUT2D eigenvalue weighted by molar-refractivity contribution is 0.0398. The normalized spacial score (nSPS) is 14.7. The zero-order valence-electron chi connectivity index (χ0n) is 14.3. The van der Waals surface area contributed by atoms with Gasteiger partial charge in [0.15, 0.2) is 0 Å². The molecule has 1 aliphatic rings. The molecular formula is C18H22N6O. The lowest BCUT2D eigenvalue weighted by atomic mass is 10.2. The summed E-state index contributed by atoms with van der Waals surface area (Å²) in [6, 6.07) is 11.3. The first-order chi connectivity index (χ1) is 12.2. The van der Waals surface area contributed by atoms with Gasteiger partial charge in [-0.05, 0) is 31.2 Å². The smallest absolute Gasteiger partial charge is 0.136 e. The summed E-state index contributed by atoms with van der Waals surface area (Å²) in [5.74, 6) is 2.23. The highest BCUT2D eigenvalue weighted by Crippen LogP contribution is 2.18. The van der Waals surface area contributed by atoms with Gasteiger partial charge in [0.25, 0.3) is 0 Å². The van der Waals surface area contributed by atoms with Crippen molar-refractivity contribution in [2.75, 3.05) is 50.0 Å². The molecule has 0 amide bonds. The van der Waals surface area contributed by atoms with Crippen LogP contribution in [0.1, 0.15) is 11.4 Å². The quantitative estimate of drug-likeness (QED) is 0.834. The summed E-state index contributed by atoms with van der Waals surface area (Å²) in [6.45, 7) is 7.25. The molecule has 3 rings (SSSR count). The molecule has 0 atom stereocenters. The molecule has 1 saturated heterocycles. The van der Waals surface area contributed by atoms with E-state index in [4.69, 9.17) is 10.00 Å². The van der Waals surface area contributed by atoms with Crippen LogP contribution in [0, 0.1) is 18.3 Å². The van der Waals surface area contributed by atoms with Gasteiger partial charge in [-0.2, -0.15) is 5.26 Å². The number of anilines is 3. The van der Waals surface area contributed by atoms with Crippen LogP contribution in [0.5, 0.6) is 0 Å². The summed E-state index contributed by atoms with van der Waals surface area (Å²) >= 11 is 0. The van der Waals surface area contributed by atoms with Crippen LogP contribution in [0.25, 0.3) is 0 Å². The van der Waals surface area contributed by atoms with Crippen LogP contribution in [-0.2, 0) is 4.74 Å². The Labute approximate surface area is 147 Å². The second-order valence-electron chi connectivity index (χ2n) is 5.88. The molecule has 7 nitrogen and oxygen atoms in total. The van der Waals surface area contributed by atoms with E-state index in [9.17, 15) is 0 Å². The molecule has 0 spiro atoms. The zero-order valence-corrected chi connectivity index (χ0v) is 14.3. The maximum atomic E-state index is 8.86. The molecule has 2 aromatic rings. The lowest BCUT2D eigenvalue weighted by Crippen LogP contribution is -2.39. The minimum atomic E-state index is 0.634. The van der Waals surface area contributed by atoms with Gasteiger partial charge in [0, 0.05) is 37.9 Å². The summed E-state index contributed by atoms with van der Waals surface area (Å²) in [5, 5.41) is 15.5. The minimum absolute atomic E-state index is 0.634. The summed E-state index contributed by atoms with van der Waals surface area (Å²) in [7, 11) is 0. The molecule has 25 heavy (non-hydrogen) atoms. The summed E-state index contributed by atoms with van der Waals surface area (Å²) in [5.41, 5.74) is 1.52. The molecule has 130 valence electrons. The van der Waals surface area contributed by atoms with E-state index >= 15 is 0 Å². The molecule has 0 radical (unpaired) electrons. The predicted octanol–water partition coefficient (Wildman–Crippen LogP) is 2.14. The molecule has 1 fully saturated rings. The topological polar surface area (TPSA) is 86.1 Å². The Balaban J connectivity index is 1.58. The van der Waals surface area contributed by atoms with E-state index in [1.807, 2.05) is 25.1 Å². The van der Waals surface area contributed by atoms with Crippen molar-refractivity contribution in [1.82, 2.24) is 14.9 Å². The van der Waals surface area contributed by atoms with Crippen molar-refractivity contribution in [2.45, 2.75) is 6.92 Å². The predicted molar refractivity (Wildman–Crippen MR) is 97.0 cm³/mol. The Morgan fingerprint density at radius 1 is 1.16 bits per heavy atom. The van der Waals surface area contributed by atoms with Gasteiger partial charge < -0.3 is 15.4 Å². The maximum Gasteiger partial charge on any atom is 0.136 e. The summed E-state index contributed by atoms with van der Waals surface area (Å²) < 4.78 is 5.36. The summed E-state index contributed by atoms with van der Waals surface area (Å²) in [6.07, 6.45) is 0. The van der Waals surface area contributed by atoms with E-state index in [2.05, 4.69) is 31.6 Å². The molecule has 0 unspecified atom stereocenters. The largest absolute Gasteiger partial charge is 0.379 e. The van der Waals surface area contributed by atoms with Gasteiger partial charge in [-0.3, -0.25) is 4.90 Å². The number of aromatic nitrogens is 2. The van der Waals surface area contributed by atoms with Crippen LogP contribution in [0.2, 0.25) is 0 Å². The number of nitrogens with zero attached hydrogens (tertiary/aromatic N) is 4. The molecule has 0 bridgehead atoms. The molecule has 1 aliphatic heterocycles. The van der Waals surface area contributed by atoms with Gasteiger partial charge in [0.05, 0.1) is 24.8 Å². The van der Waals surface area contributed by atoms with Crippen molar-refractivity contribution in [3.63, 3.8) is 0 Å². The minimum Gasteiger partial charge on any atom is -0.379 e. The van der Waals surface area contributed by atoms with Gasteiger partial charge in [-0.25, -0.2) is 9.97 Å². The van der Waals surface area contributed by atoms with Crippen molar-refractivity contribution in [3.8, 4) is 6.07 Å². The molecule has 0 saturated carbocycles. The Morgan fingerprint density at radius 3 is 2.60 bits per heavy atom. The number of hydrogen-bond donors (Lipinski definition) is 2. The van der Waals surface area contributed by atoms with Crippen molar-refractivity contribution in [1.29, 1.82) is 5.26 Å². The number of ether oxygens (including phenoxy) is 1. The Hall–Kier alpha value is -2.69. The van der Waals surface area contributed by atoms with Gasteiger partial charge in [-0.1, -0.05) is 0 Å². The molecule has 7 heteroatoms. The average Bonchev–Trinajstić information content (AvgIpc) is 2.63. The second-order valence-corrected chi connectivity index (χ2v) is 5.88. The molecule has 2 N–H and O–H groups in total. The summed E-state index contributed by atoms with van der Waals surface area (Å²) in [4.78, 5) is 11.2. The first-order valence-electron chi connectivity index (χ1n) is 8.40. The number of nitrogens with one attached hydrogen (secondary N) is 2. The highest BCUT2D eigenvalue weighted by atomic mass is 16.5. The van der Waals surface area contributed by atoms with E-state index in [0.717, 1.165) is 56.7 Å². The van der Waals surface area contributed by atoms with Crippen LogP contribution in [0.15, 0.2) is 30.3 Å². The van der Waals surface area contributed by atoms with Gasteiger partial charge in [0.2, 0.25) is 0 Å². The van der Waals surface area contributed by atoms with Crippen molar-refractivity contribution in [3.05, 3.63) is 41.7 Å². The van der Waals surface area contributed by atoms with Gasteiger partial charge in [-0.15, -0.1) is 0 Å². The van der Waals surface area contributed by atoms with E-state index in [-0.39, 0.29) is 0 Å². The Kier molecular flexibility index (Phi) is 5.77. The van der Waals surface area contributed by atoms with E-state index in [1.165, 1.54) is 0 Å². The third kappa shape index (κ3) is 5.14. The number of rotatable bonds is 6. The number of aryl methyl sites for hydroxylation is 1. The third-order valence-corrected chi connectivity index (χ3v) is 3.96. The number of hydrogen-bond acceptors (Lipinski definition) is 7. The van der Waals surface area contributed by atoms with E-state index in [0.29, 0.717) is 11.4 Å². The SMILES string of the molecule is Cc1nc(NCCN2CCOCC2)cc(Nc2ccc(C#N)cc2)n1. The highest BCUT2D eigenvalue weighted by molar-refractivity contribution is 5.60. The van der Waals surface area contributed by atoms with Crippen LogP contribution in [-0.4, -0.2) is 54.3 Å². The number of benzene rings is 1. The second kappa shape index (κ2) is 8.42. The fourth-order valence-corrected chi connectivity index (χ4v) is 2.67. The highest BCUT2D eigenvalue weighted by Gasteiger charge is 2.09. The monoisotopic (exact) mass is 338 g/mol. The molecule has 0 aliphatic carbocycles. The lowest BCUT2D eigenvalue weighted by Gasteiger charge is -2.26. The maximum absolute atomic E-state index is 8.86. The van der Waals surface area contributed by atoms with Crippen LogP contribution < -0.4 is 10.6 Å². The standard InChI is InChI=1S/C18H22N6O/c1-14-21-17(20-6-7-24-8-10-25-11-9-24)12-18(22-14)23-16-4-2-15(13-19)3-5-16/h2-5,12H,6-11H2,1H3,(H2,20,21,22,23). The molecule has 1 aromatic carbocycles. The molecular weight excluding hydrogens is 316 g/mol. The van der Waals surface area contributed by atoms with Crippen LogP contribution in [0.3, 0.4) is 0 Å². The number of nitriles is 1. The van der Waals surface area contributed by atoms with E-state index in [1.54, 1.807) is 12.1 Å². The Morgan fingerprint density at radius 2 is 1.88 bits per heavy atom. The van der Waals surface area contributed by atoms with Crippen molar-refractivity contribution >= 4 is 17.3 Å².